The molecule has 1 aromatic heterocycles. The van der Waals surface area contributed by atoms with Crippen molar-refractivity contribution in [3.05, 3.63) is 51.3 Å². The van der Waals surface area contributed by atoms with Gasteiger partial charge in [-0.3, -0.25) is 4.79 Å². The molecule has 1 aromatic carbocycles. The molecule has 0 bridgehead atoms. The van der Waals surface area contributed by atoms with Gasteiger partial charge in [-0.05, 0) is 36.6 Å². The van der Waals surface area contributed by atoms with E-state index in [9.17, 15) is 14.7 Å². The Labute approximate surface area is 147 Å². The van der Waals surface area contributed by atoms with Gasteiger partial charge in [-0.1, -0.05) is 28.4 Å². The second-order valence-corrected chi connectivity index (χ2v) is 6.61. The summed E-state index contributed by atoms with van der Waals surface area (Å²) in [7, 11) is 0. The Bertz CT molecular complexity index is 766. The lowest BCUT2D eigenvalue weighted by atomic mass is 10.1. The molecule has 1 atom stereocenters. The molecule has 126 valence electrons. The third-order valence-corrected chi connectivity index (χ3v) is 4.14. The van der Waals surface area contributed by atoms with E-state index in [0.29, 0.717) is 27.3 Å². The normalized spacial score (nSPS) is 15.1. The summed E-state index contributed by atoms with van der Waals surface area (Å²) < 4.78 is 5.11. The fourth-order valence-corrected chi connectivity index (χ4v) is 2.92. The number of carbonyl (C=O) groups is 2. The van der Waals surface area contributed by atoms with Crippen LogP contribution in [0.4, 0.5) is 0 Å². The van der Waals surface area contributed by atoms with Crippen molar-refractivity contribution >= 4 is 35.1 Å². The van der Waals surface area contributed by atoms with E-state index in [1.54, 1.807) is 24.3 Å². The van der Waals surface area contributed by atoms with E-state index in [4.69, 9.17) is 27.7 Å². The zero-order chi connectivity index (χ0) is 17.3. The molecule has 3 rings (SSSR count). The molecule has 2 aromatic rings. The fourth-order valence-electron chi connectivity index (χ4n) is 2.35. The van der Waals surface area contributed by atoms with Crippen LogP contribution >= 0.6 is 23.2 Å². The predicted octanol–water partition coefficient (Wildman–Crippen LogP) is 3.28. The molecule has 1 amide bonds. The lowest BCUT2D eigenvalue weighted by Crippen LogP contribution is -2.42. The zero-order valence-electron chi connectivity index (χ0n) is 12.5. The van der Waals surface area contributed by atoms with E-state index in [0.717, 1.165) is 12.8 Å². The third kappa shape index (κ3) is 4.07. The van der Waals surface area contributed by atoms with Crippen molar-refractivity contribution in [3.8, 4) is 0 Å². The van der Waals surface area contributed by atoms with Gasteiger partial charge in [0.1, 0.15) is 11.8 Å². The molecule has 1 unspecified atom stereocenters. The summed E-state index contributed by atoms with van der Waals surface area (Å²) in [5.74, 6) is -0.770. The quantitative estimate of drug-likeness (QED) is 0.815. The number of hydrogen-bond acceptors (Lipinski definition) is 4. The lowest BCUT2D eigenvalue weighted by molar-refractivity contribution is -0.139. The summed E-state index contributed by atoms with van der Waals surface area (Å²) in [5.41, 5.74) is 0.686. The van der Waals surface area contributed by atoms with E-state index in [1.807, 2.05) is 0 Å². The van der Waals surface area contributed by atoms with Crippen LogP contribution in [0.3, 0.4) is 0 Å². The smallest absolute Gasteiger partial charge is 0.326 e. The molecule has 0 aliphatic heterocycles. The number of carbonyl (C=O) groups excluding carboxylic acids is 1. The highest BCUT2D eigenvalue weighted by Crippen LogP contribution is 2.40. The van der Waals surface area contributed by atoms with Crippen LogP contribution in [0, 0.1) is 0 Å². The van der Waals surface area contributed by atoms with Crippen LogP contribution in [-0.4, -0.2) is 28.2 Å². The number of aliphatic carboxylic acids is 1. The van der Waals surface area contributed by atoms with Gasteiger partial charge >= 0.3 is 5.97 Å². The number of halogens is 2. The molecule has 1 heterocycles. The molecule has 1 aliphatic rings. The second-order valence-electron chi connectivity index (χ2n) is 5.73. The van der Waals surface area contributed by atoms with E-state index in [2.05, 4.69) is 10.5 Å². The highest BCUT2D eigenvalue weighted by atomic mass is 35.5. The summed E-state index contributed by atoms with van der Waals surface area (Å²) in [6.07, 6.45) is 2.09. The molecule has 1 fully saturated rings. The molecular formula is C16H14Cl2N2O4. The maximum atomic E-state index is 12.2. The number of carboxylic acid groups (broad SMARTS) is 1. The molecule has 8 heteroatoms. The van der Waals surface area contributed by atoms with Crippen LogP contribution in [0.2, 0.25) is 10.0 Å². The third-order valence-electron chi connectivity index (χ3n) is 3.71. The maximum absolute atomic E-state index is 12.2. The number of aromatic nitrogens is 1. The van der Waals surface area contributed by atoms with Crippen molar-refractivity contribution in [1.29, 1.82) is 0 Å². The molecule has 0 spiro atoms. The van der Waals surface area contributed by atoms with Crippen molar-refractivity contribution in [2.75, 3.05) is 0 Å². The average molecular weight is 369 g/mol. The van der Waals surface area contributed by atoms with Gasteiger partial charge in [0, 0.05) is 28.5 Å². The molecule has 0 saturated heterocycles. The number of amides is 1. The highest BCUT2D eigenvalue weighted by Gasteiger charge is 2.30. The predicted molar refractivity (Wildman–Crippen MR) is 87.5 cm³/mol. The Morgan fingerprint density at radius 2 is 1.92 bits per heavy atom. The van der Waals surface area contributed by atoms with Gasteiger partial charge in [0.15, 0.2) is 5.69 Å². The van der Waals surface area contributed by atoms with Gasteiger partial charge in [-0.2, -0.15) is 0 Å². The van der Waals surface area contributed by atoms with Gasteiger partial charge in [0.2, 0.25) is 0 Å². The van der Waals surface area contributed by atoms with Gasteiger partial charge in [0.25, 0.3) is 5.91 Å². The van der Waals surface area contributed by atoms with Crippen molar-refractivity contribution in [2.45, 2.75) is 31.2 Å². The molecule has 24 heavy (non-hydrogen) atoms. The first-order chi connectivity index (χ1) is 11.4. The van der Waals surface area contributed by atoms with E-state index < -0.39 is 17.9 Å². The summed E-state index contributed by atoms with van der Waals surface area (Å²) in [4.78, 5) is 23.6. The van der Waals surface area contributed by atoms with Crippen molar-refractivity contribution < 1.29 is 19.2 Å². The standard InChI is InChI=1S/C16H14Cl2N2O4/c17-10-3-8(4-11(18)6-10)5-13(16(22)23)19-15(21)12-7-14(24-20-12)9-1-2-9/h3-4,6-7,9,13H,1-2,5H2,(H,19,21)(H,22,23). The van der Waals surface area contributed by atoms with Gasteiger partial charge in [-0.25, -0.2) is 4.79 Å². The Balaban J connectivity index is 1.70. The van der Waals surface area contributed by atoms with Crippen LogP contribution in [0.25, 0.3) is 0 Å². The Kier molecular flexibility index (Phi) is 4.78. The van der Waals surface area contributed by atoms with Crippen molar-refractivity contribution in [1.82, 2.24) is 10.5 Å². The summed E-state index contributed by atoms with van der Waals surface area (Å²) >= 11 is 11.8. The van der Waals surface area contributed by atoms with Crippen LogP contribution < -0.4 is 5.32 Å². The minimum absolute atomic E-state index is 0.0503. The number of nitrogens with one attached hydrogen (secondary N) is 1. The molecule has 0 radical (unpaired) electrons. The summed E-state index contributed by atoms with van der Waals surface area (Å²) in [6.45, 7) is 0. The first kappa shape index (κ1) is 16.8. The Morgan fingerprint density at radius 3 is 2.50 bits per heavy atom. The highest BCUT2D eigenvalue weighted by molar-refractivity contribution is 6.34. The van der Waals surface area contributed by atoms with Crippen LogP contribution in [0.1, 0.15) is 40.6 Å². The Morgan fingerprint density at radius 1 is 1.25 bits per heavy atom. The van der Waals surface area contributed by atoms with Crippen molar-refractivity contribution in [3.63, 3.8) is 0 Å². The average Bonchev–Trinajstić information content (AvgIpc) is 3.22. The first-order valence-electron chi connectivity index (χ1n) is 7.37. The van der Waals surface area contributed by atoms with E-state index >= 15 is 0 Å². The Hall–Kier alpha value is -2.05. The maximum Gasteiger partial charge on any atom is 0.326 e. The minimum Gasteiger partial charge on any atom is -0.480 e. The SMILES string of the molecule is O=C(NC(Cc1cc(Cl)cc(Cl)c1)C(=O)O)c1cc(C2CC2)on1. The monoisotopic (exact) mass is 368 g/mol. The largest absolute Gasteiger partial charge is 0.480 e. The minimum atomic E-state index is -1.16. The number of carboxylic acids is 1. The van der Waals surface area contributed by atoms with E-state index in [-0.39, 0.29) is 12.1 Å². The lowest BCUT2D eigenvalue weighted by Gasteiger charge is -2.14. The number of benzene rings is 1. The molecule has 6 nitrogen and oxygen atoms in total. The molecular weight excluding hydrogens is 355 g/mol. The number of hydrogen-bond donors (Lipinski definition) is 2. The molecule has 1 saturated carbocycles. The van der Waals surface area contributed by atoms with Gasteiger partial charge in [-0.15, -0.1) is 0 Å². The second kappa shape index (κ2) is 6.83. The summed E-state index contributed by atoms with van der Waals surface area (Å²) in [5, 5.41) is 16.3. The van der Waals surface area contributed by atoms with Gasteiger partial charge < -0.3 is 14.9 Å². The number of rotatable bonds is 6. The summed E-state index contributed by atoms with van der Waals surface area (Å²) in [6, 6.07) is 5.19. The first-order valence-corrected chi connectivity index (χ1v) is 8.13. The molecule has 1 aliphatic carbocycles. The topological polar surface area (TPSA) is 92.4 Å². The molecule has 2 N–H and O–H groups in total. The number of nitrogens with zero attached hydrogens (tertiary/aromatic N) is 1. The van der Waals surface area contributed by atoms with Crippen LogP contribution in [0.5, 0.6) is 0 Å². The fraction of sp³-hybridized carbons (Fsp3) is 0.312. The van der Waals surface area contributed by atoms with Crippen molar-refractivity contribution in [2.24, 2.45) is 0 Å². The zero-order valence-corrected chi connectivity index (χ0v) is 14.0. The van der Waals surface area contributed by atoms with Crippen LogP contribution in [0.15, 0.2) is 28.8 Å². The van der Waals surface area contributed by atoms with Gasteiger partial charge in [0.05, 0.1) is 0 Å². The van der Waals surface area contributed by atoms with E-state index in [1.165, 1.54) is 0 Å². The van der Waals surface area contributed by atoms with Crippen LogP contribution in [-0.2, 0) is 11.2 Å².